The van der Waals surface area contributed by atoms with Gasteiger partial charge in [-0.1, -0.05) is 11.6 Å². The number of ether oxygens (including phenoxy) is 1. The average molecular weight is 362 g/mol. The highest BCUT2D eigenvalue weighted by Gasteiger charge is 2.12. The van der Waals surface area contributed by atoms with Crippen LogP contribution in [0.2, 0.25) is 5.02 Å². The fraction of sp³-hybridized carbons (Fsp3) is 0.118. The van der Waals surface area contributed by atoms with Gasteiger partial charge in [0.15, 0.2) is 12.3 Å². The molecule has 6 nitrogen and oxygen atoms in total. The van der Waals surface area contributed by atoms with Crippen LogP contribution in [-0.2, 0) is 4.79 Å². The molecule has 25 heavy (non-hydrogen) atoms. The number of aromatic nitrogens is 1. The van der Waals surface area contributed by atoms with Gasteiger partial charge in [0, 0.05) is 10.4 Å². The highest BCUT2D eigenvalue weighted by Crippen LogP contribution is 2.35. The molecule has 0 aliphatic heterocycles. The van der Waals surface area contributed by atoms with Gasteiger partial charge in [-0.15, -0.1) is 10.2 Å². The summed E-state index contributed by atoms with van der Waals surface area (Å²) in [6.07, 6.45) is 0. The summed E-state index contributed by atoms with van der Waals surface area (Å²) in [5.41, 5.74) is 1.24. The fourth-order valence-electron chi connectivity index (χ4n) is 2.23. The van der Waals surface area contributed by atoms with E-state index in [1.807, 2.05) is 6.92 Å². The van der Waals surface area contributed by atoms with Gasteiger partial charge in [0.25, 0.3) is 0 Å². The maximum absolute atomic E-state index is 13.2. The van der Waals surface area contributed by atoms with E-state index < -0.39 is 11.7 Å². The fourth-order valence-corrected chi connectivity index (χ4v) is 2.35. The molecule has 3 aromatic rings. The lowest BCUT2D eigenvalue weighted by molar-refractivity contribution is -0.120. The summed E-state index contributed by atoms with van der Waals surface area (Å²) in [5, 5.41) is 18.1. The van der Waals surface area contributed by atoms with Crippen molar-refractivity contribution in [1.29, 1.82) is 0 Å². The largest absolute Gasteiger partial charge is 0.493 e. The third-order valence-corrected chi connectivity index (χ3v) is 3.89. The SMILES string of the molecule is Cc1cc(OCC(=O)N=Nc2c(O)[nH]c3cc(F)ccc23)ccc1Cl. The zero-order chi connectivity index (χ0) is 18.0. The molecule has 3 rings (SSSR count). The Balaban J connectivity index is 1.70. The quantitative estimate of drug-likeness (QED) is 0.662. The third kappa shape index (κ3) is 3.77. The Labute approximate surface area is 146 Å². The molecule has 0 spiro atoms. The van der Waals surface area contributed by atoms with E-state index in [9.17, 15) is 14.3 Å². The summed E-state index contributed by atoms with van der Waals surface area (Å²) in [7, 11) is 0. The number of azo groups is 1. The molecule has 8 heteroatoms. The molecule has 0 unspecified atom stereocenters. The number of H-pyrrole nitrogens is 1. The van der Waals surface area contributed by atoms with Crippen molar-refractivity contribution < 1.29 is 19.0 Å². The topological polar surface area (TPSA) is 87.0 Å². The van der Waals surface area contributed by atoms with Crippen molar-refractivity contribution in [2.75, 3.05) is 6.61 Å². The number of aryl methyl sites for hydroxylation is 1. The molecule has 0 fully saturated rings. The van der Waals surface area contributed by atoms with Crippen LogP contribution >= 0.6 is 11.6 Å². The number of hydrogen-bond acceptors (Lipinski definition) is 4. The van der Waals surface area contributed by atoms with Gasteiger partial charge in [-0.25, -0.2) is 4.39 Å². The number of amides is 1. The lowest BCUT2D eigenvalue weighted by Gasteiger charge is -2.05. The van der Waals surface area contributed by atoms with Crippen LogP contribution in [0.5, 0.6) is 11.6 Å². The molecule has 0 saturated heterocycles. The number of nitrogens with one attached hydrogen (secondary N) is 1. The predicted molar refractivity (Wildman–Crippen MR) is 91.1 cm³/mol. The molecule has 0 atom stereocenters. The molecular weight excluding hydrogens is 349 g/mol. The number of benzene rings is 2. The van der Waals surface area contributed by atoms with E-state index in [0.29, 0.717) is 21.7 Å². The minimum absolute atomic E-state index is 0.0608. The van der Waals surface area contributed by atoms with E-state index in [2.05, 4.69) is 15.2 Å². The van der Waals surface area contributed by atoms with Crippen LogP contribution in [0.4, 0.5) is 10.1 Å². The van der Waals surface area contributed by atoms with Crippen molar-refractivity contribution >= 4 is 34.1 Å². The van der Waals surface area contributed by atoms with Gasteiger partial charge in [0.05, 0.1) is 5.52 Å². The lowest BCUT2D eigenvalue weighted by Crippen LogP contribution is -2.07. The molecule has 0 bridgehead atoms. The minimum Gasteiger partial charge on any atom is -0.493 e. The number of halogens is 2. The number of nitrogens with zero attached hydrogens (tertiary/aromatic N) is 2. The van der Waals surface area contributed by atoms with Crippen molar-refractivity contribution in [1.82, 2.24) is 4.98 Å². The number of carbonyl (C=O) groups is 1. The molecule has 0 radical (unpaired) electrons. The van der Waals surface area contributed by atoms with Crippen LogP contribution < -0.4 is 4.74 Å². The van der Waals surface area contributed by atoms with E-state index in [0.717, 1.165) is 5.56 Å². The zero-order valence-corrected chi connectivity index (χ0v) is 13.8. The summed E-state index contributed by atoms with van der Waals surface area (Å²) >= 11 is 5.92. The molecule has 0 aliphatic carbocycles. The Kier molecular flexibility index (Phi) is 4.67. The van der Waals surface area contributed by atoms with Gasteiger partial charge in [0.1, 0.15) is 11.6 Å². The maximum atomic E-state index is 13.2. The first-order valence-corrected chi connectivity index (χ1v) is 7.65. The molecule has 0 saturated carbocycles. The van der Waals surface area contributed by atoms with Crippen LogP contribution in [0.3, 0.4) is 0 Å². The van der Waals surface area contributed by atoms with Gasteiger partial charge in [-0.05, 0) is 48.9 Å². The van der Waals surface area contributed by atoms with Crippen molar-refractivity contribution in [2.45, 2.75) is 6.92 Å². The highest BCUT2D eigenvalue weighted by atomic mass is 35.5. The molecule has 128 valence electrons. The molecule has 2 N–H and O–H groups in total. The molecular formula is C17H13ClFN3O3. The second-order valence-corrected chi connectivity index (χ2v) is 5.71. The van der Waals surface area contributed by atoms with Gasteiger partial charge in [0.2, 0.25) is 5.88 Å². The highest BCUT2D eigenvalue weighted by molar-refractivity contribution is 6.31. The van der Waals surface area contributed by atoms with Crippen LogP contribution in [0.25, 0.3) is 10.9 Å². The van der Waals surface area contributed by atoms with E-state index in [-0.39, 0.29) is 18.2 Å². The van der Waals surface area contributed by atoms with Crippen LogP contribution in [0, 0.1) is 12.7 Å². The zero-order valence-electron chi connectivity index (χ0n) is 13.1. The van der Waals surface area contributed by atoms with Crippen molar-refractivity contribution in [2.24, 2.45) is 10.2 Å². The van der Waals surface area contributed by atoms with Gasteiger partial charge >= 0.3 is 5.91 Å². The Morgan fingerprint density at radius 2 is 2.12 bits per heavy atom. The summed E-state index contributed by atoms with van der Waals surface area (Å²) in [5.74, 6) is -0.911. The Hall–Kier alpha value is -2.93. The number of hydrogen-bond donors (Lipinski definition) is 2. The van der Waals surface area contributed by atoms with E-state index in [4.69, 9.17) is 16.3 Å². The number of aromatic amines is 1. The summed E-state index contributed by atoms with van der Waals surface area (Å²) in [6, 6.07) is 8.88. The Morgan fingerprint density at radius 3 is 2.88 bits per heavy atom. The summed E-state index contributed by atoms with van der Waals surface area (Å²) in [4.78, 5) is 14.4. The first kappa shape index (κ1) is 16.9. The molecule has 1 aromatic heterocycles. The van der Waals surface area contributed by atoms with Crippen molar-refractivity contribution in [3.8, 4) is 11.6 Å². The van der Waals surface area contributed by atoms with E-state index in [1.54, 1.807) is 18.2 Å². The number of rotatable bonds is 4. The molecule has 0 aliphatic rings. The van der Waals surface area contributed by atoms with Crippen molar-refractivity contribution in [3.63, 3.8) is 0 Å². The van der Waals surface area contributed by atoms with Crippen LogP contribution in [0.15, 0.2) is 46.6 Å². The standard InChI is InChI=1S/C17H13ClFN3O3/c1-9-6-11(3-5-13(9)18)25-8-15(23)21-22-16-12-4-2-10(19)7-14(12)20-17(16)24/h2-7,20,24H,8H2,1H3. The lowest BCUT2D eigenvalue weighted by atomic mass is 10.2. The maximum Gasteiger partial charge on any atom is 0.302 e. The van der Waals surface area contributed by atoms with Crippen molar-refractivity contribution in [3.05, 3.63) is 52.8 Å². The normalized spacial score (nSPS) is 11.3. The average Bonchev–Trinajstić information content (AvgIpc) is 2.88. The van der Waals surface area contributed by atoms with E-state index >= 15 is 0 Å². The predicted octanol–water partition coefficient (Wildman–Crippen LogP) is 4.66. The molecule has 2 aromatic carbocycles. The minimum atomic E-state index is -0.636. The van der Waals surface area contributed by atoms with Gasteiger partial charge in [-0.2, -0.15) is 0 Å². The van der Waals surface area contributed by atoms with Crippen LogP contribution in [-0.4, -0.2) is 22.6 Å². The first-order chi connectivity index (χ1) is 11.9. The summed E-state index contributed by atoms with van der Waals surface area (Å²) in [6.45, 7) is 1.50. The van der Waals surface area contributed by atoms with E-state index in [1.165, 1.54) is 18.2 Å². The summed E-state index contributed by atoms with van der Waals surface area (Å²) < 4.78 is 18.5. The second kappa shape index (κ2) is 6.90. The first-order valence-electron chi connectivity index (χ1n) is 7.28. The molecule has 1 heterocycles. The molecule has 1 amide bonds. The number of carbonyl (C=O) groups excluding carboxylic acids is 1. The monoisotopic (exact) mass is 361 g/mol. The Bertz CT molecular complexity index is 985. The smallest absolute Gasteiger partial charge is 0.302 e. The number of fused-ring (bicyclic) bond motifs is 1. The van der Waals surface area contributed by atoms with Gasteiger partial charge in [-0.3, -0.25) is 4.79 Å². The second-order valence-electron chi connectivity index (χ2n) is 5.31. The number of aromatic hydroxyl groups is 1. The van der Waals surface area contributed by atoms with Gasteiger partial charge < -0.3 is 14.8 Å². The Morgan fingerprint density at radius 1 is 1.32 bits per heavy atom. The van der Waals surface area contributed by atoms with Crippen LogP contribution in [0.1, 0.15) is 5.56 Å². The third-order valence-electron chi connectivity index (χ3n) is 3.47.